The second-order valence-electron chi connectivity index (χ2n) is 8.08. The molecule has 0 atom stereocenters. The number of nitrogens with zero attached hydrogens (tertiary/aromatic N) is 4. The van der Waals surface area contributed by atoms with Gasteiger partial charge in [0.2, 0.25) is 0 Å². The highest BCUT2D eigenvalue weighted by Gasteiger charge is 2.18. The fourth-order valence-electron chi connectivity index (χ4n) is 4.22. The third-order valence-electron chi connectivity index (χ3n) is 6.01. The first-order chi connectivity index (χ1) is 15.0. The number of nitrogens with one attached hydrogen (secondary N) is 1. The van der Waals surface area contributed by atoms with E-state index in [-0.39, 0.29) is 5.56 Å². The van der Waals surface area contributed by atoms with E-state index in [2.05, 4.69) is 51.2 Å². The summed E-state index contributed by atoms with van der Waals surface area (Å²) in [6, 6.07) is 15.7. The number of benzene rings is 2. The van der Waals surface area contributed by atoms with E-state index < -0.39 is 0 Å². The van der Waals surface area contributed by atoms with Crippen molar-refractivity contribution in [1.29, 1.82) is 0 Å². The number of aromatic nitrogens is 3. The van der Waals surface area contributed by atoms with Gasteiger partial charge < -0.3 is 9.80 Å². The quantitative estimate of drug-likeness (QED) is 0.528. The topological polar surface area (TPSA) is 57.2 Å². The van der Waals surface area contributed by atoms with Gasteiger partial charge in [0.1, 0.15) is 0 Å². The number of H-pyrrole nitrogens is 1. The summed E-state index contributed by atoms with van der Waals surface area (Å²) in [6.07, 6.45) is 1.66. The van der Waals surface area contributed by atoms with E-state index in [1.807, 2.05) is 19.1 Å². The van der Waals surface area contributed by atoms with E-state index in [0.717, 1.165) is 54.2 Å². The van der Waals surface area contributed by atoms with Crippen molar-refractivity contribution in [3.8, 4) is 16.8 Å². The molecule has 1 aliphatic heterocycles. The normalized spacial score (nSPS) is 15.0. The van der Waals surface area contributed by atoms with Crippen molar-refractivity contribution in [3.63, 3.8) is 0 Å². The van der Waals surface area contributed by atoms with E-state index in [9.17, 15) is 4.79 Å². The fraction of sp³-hybridized carbons (Fsp3) is 0.250. The zero-order chi connectivity index (χ0) is 21.5. The lowest BCUT2D eigenvalue weighted by Gasteiger charge is -2.34. The number of aromatic amines is 1. The molecule has 0 unspecified atom stereocenters. The number of hydrogen-bond acceptors (Lipinski definition) is 4. The maximum absolute atomic E-state index is 13.1. The first-order valence-corrected chi connectivity index (χ1v) is 10.8. The number of piperazine rings is 1. The van der Waals surface area contributed by atoms with Crippen LogP contribution in [0.4, 0.5) is 5.69 Å². The van der Waals surface area contributed by atoms with Gasteiger partial charge in [0.15, 0.2) is 0 Å². The predicted molar refractivity (Wildman–Crippen MR) is 127 cm³/mol. The van der Waals surface area contributed by atoms with E-state index in [1.165, 1.54) is 5.69 Å². The summed E-state index contributed by atoms with van der Waals surface area (Å²) in [5.41, 5.74) is 5.49. The van der Waals surface area contributed by atoms with Crippen LogP contribution in [0.15, 0.2) is 59.5 Å². The molecule has 2 aromatic heterocycles. The number of aryl methyl sites for hydroxylation is 1. The van der Waals surface area contributed by atoms with Crippen molar-refractivity contribution in [2.75, 3.05) is 38.1 Å². The third kappa shape index (κ3) is 3.62. The minimum absolute atomic E-state index is 0.124. The van der Waals surface area contributed by atoms with Crippen molar-refractivity contribution in [1.82, 2.24) is 19.7 Å². The second-order valence-corrected chi connectivity index (χ2v) is 8.51. The van der Waals surface area contributed by atoms with Gasteiger partial charge in [-0.3, -0.25) is 14.9 Å². The summed E-state index contributed by atoms with van der Waals surface area (Å²) >= 11 is 6.02. The number of anilines is 1. The van der Waals surface area contributed by atoms with E-state index in [1.54, 1.807) is 23.0 Å². The minimum Gasteiger partial charge on any atom is -0.369 e. The average Bonchev–Trinajstić information content (AvgIpc) is 3.11. The van der Waals surface area contributed by atoms with Crippen molar-refractivity contribution in [2.45, 2.75) is 6.92 Å². The lowest BCUT2D eigenvalue weighted by Crippen LogP contribution is -2.44. The Morgan fingerprint density at radius 1 is 1.00 bits per heavy atom. The molecule has 158 valence electrons. The predicted octanol–water partition coefficient (Wildman–Crippen LogP) is 4.09. The number of rotatable bonds is 3. The summed E-state index contributed by atoms with van der Waals surface area (Å²) < 4.78 is 1.55. The Labute approximate surface area is 185 Å². The molecule has 0 saturated carbocycles. The van der Waals surface area contributed by atoms with Gasteiger partial charge in [0, 0.05) is 54.3 Å². The molecule has 1 N–H and O–H groups in total. The summed E-state index contributed by atoms with van der Waals surface area (Å²) in [5.74, 6) is 0. The van der Waals surface area contributed by atoms with Crippen molar-refractivity contribution in [2.24, 2.45) is 0 Å². The largest absolute Gasteiger partial charge is 0.369 e. The Morgan fingerprint density at radius 2 is 1.74 bits per heavy atom. The van der Waals surface area contributed by atoms with Crippen LogP contribution in [0.3, 0.4) is 0 Å². The van der Waals surface area contributed by atoms with Gasteiger partial charge in [0.05, 0.1) is 16.6 Å². The highest BCUT2D eigenvalue weighted by atomic mass is 35.5. The molecule has 7 heteroatoms. The van der Waals surface area contributed by atoms with Crippen molar-refractivity contribution >= 4 is 28.2 Å². The summed E-state index contributed by atoms with van der Waals surface area (Å²) in [5, 5.41) is 4.51. The summed E-state index contributed by atoms with van der Waals surface area (Å²) in [4.78, 5) is 22.4. The maximum Gasteiger partial charge on any atom is 0.280 e. The van der Waals surface area contributed by atoms with Gasteiger partial charge in [-0.05, 0) is 55.9 Å². The van der Waals surface area contributed by atoms with Crippen LogP contribution in [0.2, 0.25) is 5.02 Å². The molecule has 0 spiro atoms. The minimum atomic E-state index is -0.124. The molecule has 0 aliphatic carbocycles. The highest BCUT2D eigenvalue weighted by Crippen LogP contribution is 2.31. The van der Waals surface area contributed by atoms with Gasteiger partial charge in [0.25, 0.3) is 5.56 Å². The molecular formula is C24H24ClN5O. The molecule has 5 rings (SSSR count). The first-order valence-electron chi connectivity index (χ1n) is 10.4. The third-order valence-corrected chi connectivity index (χ3v) is 6.27. The standard InChI is InChI=1S/C24H24ClN5O/c1-16-22(17-4-3-5-20(14-17)29-12-10-28(2)11-13-29)23-21(15-26-16)24(31)30(27-23)19-8-6-18(25)7-9-19/h3-9,14-15,27H,10-13H2,1-2H3. The molecular weight excluding hydrogens is 410 g/mol. The number of likely N-dealkylation sites (N-methyl/N-ethyl adjacent to an activating group) is 1. The second kappa shape index (κ2) is 7.87. The van der Waals surface area contributed by atoms with Crippen LogP contribution in [-0.4, -0.2) is 52.9 Å². The van der Waals surface area contributed by atoms with Gasteiger partial charge in [-0.1, -0.05) is 23.7 Å². The monoisotopic (exact) mass is 433 g/mol. The van der Waals surface area contributed by atoms with Gasteiger partial charge in [-0.15, -0.1) is 0 Å². The van der Waals surface area contributed by atoms with Crippen LogP contribution in [0.25, 0.3) is 27.7 Å². The highest BCUT2D eigenvalue weighted by molar-refractivity contribution is 6.30. The number of pyridine rings is 1. The molecule has 0 bridgehead atoms. The van der Waals surface area contributed by atoms with E-state index >= 15 is 0 Å². The fourth-order valence-corrected chi connectivity index (χ4v) is 4.34. The van der Waals surface area contributed by atoms with Crippen LogP contribution in [0, 0.1) is 6.92 Å². The van der Waals surface area contributed by atoms with Crippen LogP contribution < -0.4 is 10.5 Å². The first kappa shape index (κ1) is 19.8. The van der Waals surface area contributed by atoms with E-state index in [4.69, 9.17) is 11.6 Å². The SMILES string of the molecule is Cc1ncc2c(=O)n(-c3ccc(Cl)cc3)[nH]c2c1-c1cccc(N2CCN(C)CC2)c1. The van der Waals surface area contributed by atoms with Gasteiger partial charge in [-0.25, -0.2) is 4.68 Å². The molecule has 1 saturated heterocycles. The Balaban J connectivity index is 1.63. The molecule has 6 nitrogen and oxygen atoms in total. The lowest BCUT2D eigenvalue weighted by atomic mass is 10.0. The molecule has 1 fully saturated rings. The van der Waals surface area contributed by atoms with Crippen molar-refractivity contribution in [3.05, 3.63) is 75.8 Å². The molecule has 0 radical (unpaired) electrons. The van der Waals surface area contributed by atoms with Gasteiger partial charge in [-0.2, -0.15) is 0 Å². The van der Waals surface area contributed by atoms with Crippen LogP contribution >= 0.6 is 11.6 Å². The number of fused-ring (bicyclic) bond motifs is 1. The Bertz CT molecular complexity index is 1300. The summed E-state index contributed by atoms with van der Waals surface area (Å²) in [7, 11) is 2.16. The van der Waals surface area contributed by atoms with E-state index in [0.29, 0.717) is 10.4 Å². The molecule has 3 heterocycles. The van der Waals surface area contributed by atoms with Crippen LogP contribution in [-0.2, 0) is 0 Å². The number of hydrogen-bond donors (Lipinski definition) is 1. The Morgan fingerprint density at radius 3 is 2.48 bits per heavy atom. The van der Waals surface area contributed by atoms with Crippen molar-refractivity contribution < 1.29 is 0 Å². The molecule has 2 aromatic carbocycles. The lowest BCUT2D eigenvalue weighted by molar-refractivity contribution is 0.313. The van der Waals surface area contributed by atoms with Crippen LogP contribution in [0.5, 0.6) is 0 Å². The Kier molecular flexibility index (Phi) is 5.04. The van der Waals surface area contributed by atoms with Crippen LogP contribution in [0.1, 0.15) is 5.69 Å². The smallest absolute Gasteiger partial charge is 0.280 e. The average molecular weight is 434 g/mol. The molecule has 4 aromatic rings. The molecule has 31 heavy (non-hydrogen) atoms. The number of halogens is 1. The Hall–Kier alpha value is -3.09. The molecule has 1 aliphatic rings. The maximum atomic E-state index is 13.1. The zero-order valence-electron chi connectivity index (χ0n) is 17.6. The molecule has 0 amide bonds. The van der Waals surface area contributed by atoms with Gasteiger partial charge >= 0.3 is 0 Å². The summed E-state index contributed by atoms with van der Waals surface area (Å²) in [6.45, 7) is 6.10. The zero-order valence-corrected chi connectivity index (χ0v) is 18.4.